The first kappa shape index (κ1) is 19.2. The molecule has 142 valence electrons. The Morgan fingerprint density at radius 2 is 1.77 bits per heavy atom. The lowest BCUT2D eigenvalue weighted by Gasteiger charge is -2.27. The van der Waals surface area contributed by atoms with Gasteiger partial charge in [-0.15, -0.1) is 12.4 Å². The maximum absolute atomic E-state index is 12.6. The van der Waals surface area contributed by atoms with Gasteiger partial charge in [-0.3, -0.25) is 9.59 Å². The number of anilines is 1. The van der Waals surface area contributed by atoms with E-state index in [-0.39, 0.29) is 36.2 Å². The molecule has 3 aliphatic rings. The van der Waals surface area contributed by atoms with E-state index in [2.05, 4.69) is 5.32 Å². The molecular weight excluding hydrogens is 350 g/mol. The highest BCUT2D eigenvalue weighted by Crippen LogP contribution is 2.47. The van der Waals surface area contributed by atoms with Gasteiger partial charge in [-0.2, -0.15) is 0 Å². The van der Waals surface area contributed by atoms with Crippen LogP contribution in [0.25, 0.3) is 0 Å². The molecule has 3 fully saturated rings. The monoisotopic (exact) mass is 377 g/mol. The number of carbonyl (C=O) groups is 2. The van der Waals surface area contributed by atoms with E-state index >= 15 is 0 Å². The fourth-order valence-electron chi connectivity index (χ4n) is 4.72. The second-order valence-corrected chi connectivity index (χ2v) is 8.00. The van der Waals surface area contributed by atoms with Gasteiger partial charge < -0.3 is 16.0 Å². The Morgan fingerprint density at radius 1 is 1.12 bits per heavy atom. The summed E-state index contributed by atoms with van der Waals surface area (Å²) in [5.41, 5.74) is 8.17. The molecule has 4 rings (SSSR count). The van der Waals surface area contributed by atoms with Crippen LogP contribution in [-0.4, -0.2) is 28.8 Å². The molecule has 4 atom stereocenters. The summed E-state index contributed by atoms with van der Waals surface area (Å²) >= 11 is 0. The molecule has 3 N–H and O–H groups in total. The van der Waals surface area contributed by atoms with Crippen LogP contribution in [0.3, 0.4) is 0 Å². The molecule has 0 spiro atoms. The molecule has 0 radical (unpaired) electrons. The smallest absolute Gasteiger partial charge is 0.229 e. The molecule has 26 heavy (non-hydrogen) atoms. The number of benzene rings is 1. The largest absolute Gasteiger partial charge is 0.336 e. The first-order valence-corrected chi connectivity index (χ1v) is 9.45. The minimum Gasteiger partial charge on any atom is -0.336 e. The number of hydrogen-bond acceptors (Lipinski definition) is 3. The van der Waals surface area contributed by atoms with Crippen LogP contribution in [0.1, 0.15) is 44.6 Å². The summed E-state index contributed by atoms with van der Waals surface area (Å²) in [6.45, 7) is 2.27. The number of amides is 2. The highest BCUT2D eigenvalue weighted by Gasteiger charge is 2.49. The van der Waals surface area contributed by atoms with Gasteiger partial charge in [-0.05, 0) is 61.6 Å². The van der Waals surface area contributed by atoms with Crippen molar-refractivity contribution in [1.29, 1.82) is 0 Å². The number of carbonyl (C=O) groups excluding carboxylic acids is 2. The minimum absolute atomic E-state index is 0. The normalized spacial score (nSPS) is 29.2. The fraction of sp³-hybridized carbons (Fsp3) is 0.600. The van der Waals surface area contributed by atoms with Crippen LogP contribution in [0.4, 0.5) is 5.69 Å². The van der Waals surface area contributed by atoms with Crippen LogP contribution in [0.2, 0.25) is 0 Å². The number of nitrogens with zero attached hydrogens (tertiary/aromatic N) is 1. The van der Waals surface area contributed by atoms with E-state index in [1.54, 1.807) is 6.92 Å². The van der Waals surface area contributed by atoms with Gasteiger partial charge in [-0.1, -0.05) is 12.1 Å². The van der Waals surface area contributed by atoms with E-state index in [0.717, 1.165) is 36.9 Å². The molecule has 6 heteroatoms. The van der Waals surface area contributed by atoms with Crippen LogP contribution in [0.5, 0.6) is 0 Å². The summed E-state index contributed by atoms with van der Waals surface area (Å²) in [6.07, 6.45) is 5.64. The lowest BCUT2D eigenvalue weighted by Crippen LogP contribution is -2.42. The number of nitrogens with one attached hydrogen (secondary N) is 1. The highest BCUT2D eigenvalue weighted by atomic mass is 35.5. The predicted octanol–water partition coefficient (Wildman–Crippen LogP) is 2.93. The highest BCUT2D eigenvalue weighted by molar-refractivity contribution is 5.93. The molecule has 2 amide bonds. The van der Waals surface area contributed by atoms with Gasteiger partial charge >= 0.3 is 0 Å². The van der Waals surface area contributed by atoms with E-state index < -0.39 is 0 Å². The lowest BCUT2D eigenvalue weighted by atomic mass is 9.84. The second kappa shape index (κ2) is 7.57. The summed E-state index contributed by atoms with van der Waals surface area (Å²) in [7, 11) is 0. The summed E-state index contributed by atoms with van der Waals surface area (Å²) in [5.74, 6) is 1.15. The number of fused-ring (bicyclic) bond motifs is 2. The quantitative estimate of drug-likeness (QED) is 0.828. The maximum atomic E-state index is 12.6. The Morgan fingerprint density at radius 3 is 2.31 bits per heavy atom. The van der Waals surface area contributed by atoms with E-state index in [0.29, 0.717) is 24.4 Å². The molecule has 2 bridgehead atoms. The van der Waals surface area contributed by atoms with Gasteiger partial charge in [0.05, 0.1) is 5.92 Å². The average molecular weight is 378 g/mol. The van der Waals surface area contributed by atoms with Crippen LogP contribution in [0, 0.1) is 17.8 Å². The molecule has 1 aromatic carbocycles. The van der Waals surface area contributed by atoms with Gasteiger partial charge in [0.2, 0.25) is 11.8 Å². The molecular formula is C20H28ClN3O2. The van der Waals surface area contributed by atoms with Crippen molar-refractivity contribution in [2.24, 2.45) is 23.5 Å². The zero-order chi connectivity index (χ0) is 17.6. The minimum atomic E-state index is -0.0403. The molecule has 5 nitrogen and oxygen atoms in total. The first-order chi connectivity index (χ1) is 12.0. The van der Waals surface area contributed by atoms with Crippen LogP contribution >= 0.6 is 12.4 Å². The van der Waals surface area contributed by atoms with Crippen LogP contribution in [0.15, 0.2) is 24.3 Å². The van der Waals surface area contributed by atoms with Crippen molar-refractivity contribution in [2.75, 3.05) is 5.32 Å². The first-order valence-electron chi connectivity index (χ1n) is 9.45. The Balaban J connectivity index is 0.00000196. The van der Waals surface area contributed by atoms with Gasteiger partial charge in [0.1, 0.15) is 0 Å². The van der Waals surface area contributed by atoms with Crippen LogP contribution in [-0.2, 0) is 16.1 Å². The van der Waals surface area contributed by atoms with Gasteiger partial charge in [-0.25, -0.2) is 0 Å². The molecule has 4 unspecified atom stereocenters. The molecule has 3 saturated carbocycles. The van der Waals surface area contributed by atoms with E-state index in [4.69, 9.17) is 5.73 Å². The lowest BCUT2D eigenvalue weighted by molar-refractivity contribution is -0.130. The SMILES string of the molecule is CC(=O)N(Cc1ccc(NC(=O)C2C3CCC(C3)C2N)cc1)C1CC1.Cl. The number of halogens is 1. The van der Waals surface area contributed by atoms with Crippen molar-refractivity contribution in [3.05, 3.63) is 29.8 Å². The number of hydrogen-bond donors (Lipinski definition) is 2. The Labute approximate surface area is 161 Å². The average Bonchev–Trinajstić information content (AvgIpc) is 3.23. The van der Waals surface area contributed by atoms with Crippen molar-refractivity contribution in [2.45, 2.75) is 57.7 Å². The Hall–Kier alpha value is -1.59. The molecule has 3 aliphatic carbocycles. The van der Waals surface area contributed by atoms with Gasteiger partial charge in [0.25, 0.3) is 0 Å². The number of rotatable bonds is 5. The zero-order valence-corrected chi connectivity index (χ0v) is 16.0. The third kappa shape index (κ3) is 3.74. The molecule has 0 aromatic heterocycles. The van der Waals surface area contributed by atoms with Crippen molar-refractivity contribution in [3.8, 4) is 0 Å². The standard InChI is InChI=1S/C20H27N3O2.ClH/c1-12(24)23(17-8-9-17)11-13-2-6-16(7-3-13)22-20(25)18-14-4-5-15(10-14)19(18)21;/h2-3,6-7,14-15,17-19H,4-5,8-11,21H2,1H3,(H,22,25);1H. The van der Waals surface area contributed by atoms with Crippen molar-refractivity contribution in [3.63, 3.8) is 0 Å². The molecule has 0 heterocycles. The van der Waals surface area contributed by atoms with Crippen LogP contribution < -0.4 is 11.1 Å². The van der Waals surface area contributed by atoms with E-state index in [1.165, 1.54) is 6.42 Å². The van der Waals surface area contributed by atoms with Gasteiger partial charge in [0.15, 0.2) is 0 Å². The summed E-state index contributed by atoms with van der Waals surface area (Å²) < 4.78 is 0. The Bertz CT molecular complexity index is 672. The number of nitrogens with two attached hydrogens (primary N) is 1. The Kier molecular flexibility index (Phi) is 5.58. The zero-order valence-electron chi connectivity index (χ0n) is 15.2. The van der Waals surface area contributed by atoms with E-state index in [9.17, 15) is 9.59 Å². The fourth-order valence-corrected chi connectivity index (χ4v) is 4.72. The topological polar surface area (TPSA) is 75.4 Å². The third-order valence-corrected chi connectivity index (χ3v) is 6.25. The van der Waals surface area contributed by atoms with E-state index in [1.807, 2.05) is 29.2 Å². The summed E-state index contributed by atoms with van der Waals surface area (Å²) in [5, 5.41) is 3.04. The third-order valence-electron chi connectivity index (χ3n) is 6.25. The van der Waals surface area contributed by atoms with Crippen molar-refractivity contribution < 1.29 is 9.59 Å². The molecule has 1 aromatic rings. The summed E-state index contributed by atoms with van der Waals surface area (Å²) in [4.78, 5) is 26.3. The molecule has 0 aliphatic heterocycles. The molecule has 0 saturated heterocycles. The second-order valence-electron chi connectivity index (χ2n) is 8.00. The van der Waals surface area contributed by atoms with Gasteiger partial charge in [0, 0.05) is 31.2 Å². The van der Waals surface area contributed by atoms with Crippen molar-refractivity contribution >= 4 is 29.9 Å². The maximum Gasteiger partial charge on any atom is 0.229 e. The summed E-state index contributed by atoms with van der Waals surface area (Å²) in [6, 6.07) is 8.27. The van der Waals surface area contributed by atoms with Crippen molar-refractivity contribution in [1.82, 2.24) is 4.90 Å². The predicted molar refractivity (Wildman–Crippen MR) is 104 cm³/mol.